The third-order valence-corrected chi connectivity index (χ3v) is 3.06. The lowest BCUT2D eigenvalue weighted by Gasteiger charge is -2.13. The molecule has 5 nitrogen and oxygen atoms in total. The largest absolute Gasteiger partial charge is 0.482 e. The highest BCUT2D eigenvalue weighted by Gasteiger charge is 2.18. The molecule has 2 heterocycles. The molecule has 1 aromatic heterocycles. The molecular weight excluding hydrogens is 244 g/mol. The van der Waals surface area contributed by atoms with Crippen LogP contribution in [0.25, 0.3) is 0 Å². The van der Waals surface area contributed by atoms with Crippen molar-refractivity contribution < 1.29 is 14.3 Å². The standard InChI is InChI=1S/C14H20N2O3/c1-3-12-13(5-4-10(2)15-12)19-9-14(17)16-11-6-7-18-8-11/h4-5,11H,3,6-9H2,1-2H3,(H,16,17)/t11-/m1/s1. The molecule has 1 atom stereocenters. The molecule has 1 aliphatic heterocycles. The first-order chi connectivity index (χ1) is 9.19. The van der Waals surface area contributed by atoms with Gasteiger partial charge in [-0.05, 0) is 31.9 Å². The molecule has 0 unspecified atom stereocenters. The molecule has 0 aromatic carbocycles. The minimum absolute atomic E-state index is 0.0221. The third-order valence-electron chi connectivity index (χ3n) is 3.06. The molecule has 1 aliphatic rings. The van der Waals surface area contributed by atoms with Gasteiger partial charge in [0.15, 0.2) is 6.61 Å². The van der Waals surface area contributed by atoms with E-state index in [-0.39, 0.29) is 18.6 Å². The second kappa shape index (κ2) is 6.52. The van der Waals surface area contributed by atoms with E-state index in [1.54, 1.807) is 0 Å². The number of nitrogens with zero attached hydrogens (tertiary/aromatic N) is 1. The highest BCUT2D eigenvalue weighted by atomic mass is 16.5. The van der Waals surface area contributed by atoms with E-state index in [0.717, 1.165) is 24.2 Å². The van der Waals surface area contributed by atoms with Gasteiger partial charge in [0.1, 0.15) is 5.75 Å². The molecule has 0 radical (unpaired) electrons. The summed E-state index contributed by atoms with van der Waals surface area (Å²) in [5, 5.41) is 2.89. The van der Waals surface area contributed by atoms with E-state index in [9.17, 15) is 4.79 Å². The number of nitrogens with one attached hydrogen (secondary N) is 1. The van der Waals surface area contributed by atoms with Gasteiger partial charge in [-0.3, -0.25) is 9.78 Å². The van der Waals surface area contributed by atoms with Crippen molar-refractivity contribution in [1.29, 1.82) is 0 Å². The van der Waals surface area contributed by atoms with Crippen LogP contribution in [0.15, 0.2) is 12.1 Å². The second-order valence-electron chi connectivity index (χ2n) is 4.67. The van der Waals surface area contributed by atoms with Gasteiger partial charge in [0.2, 0.25) is 0 Å². The molecule has 1 aromatic rings. The first-order valence-corrected chi connectivity index (χ1v) is 6.65. The van der Waals surface area contributed by atoms with Crippen LogP contribution in [0.4, 0.5) is 0 Å². The van der Waals surface area contributed by atoms with Crippen LogP contribution in [0.2, 0.25) is 0 Å². The summed E-state index contributed by atoms with van der Waals surface area (Å²) < 4.78 is 10.7. The van der Waals surface area contributed by atoms with Crippen LogP contribution in [-0.2, 0) is 16.0 Å². The van der Waals surface area contributed by atoms with Gasteiger partial charge in [-0.15, -0.1) is 0 Å². The number of carbonyl (C=O) groups is 1. The quantitative estimate of drug-likeness (QED) is 0.869. The highest BCUT2D eigenvalue weighted by molar-refractivity contribution is 5.77. The van der Waals surface area contributed by atoms with E-state index in [1.165, 1.54) is 0 Å². The van der Waals surface area contributed by atoms with Crippen LogP contribution in [0.1, 0.15) is 24.7 Å². The zero-order chi connectivity index (χ0) is 13.7. The molecule has 1 N–H and O–H groups in total. The maximum Gasteiger partial charge on any atom is 0.258 e. The molecule has 1 fully saturated rings. The zero-order valence-corrected chi connectivity index (χ0v) is 11.4. The van der Waals surface area contributed by atoms with Crippen molar-refractivity contribution in [1.82, 2.24) is 10.3 Å². The predicted octanol–water partition coefficient (Wildman–Crippen LogP) is 1.24. The molecule has 0 saturated carbocycles. The van der Waals surface area contributed by atoms with Crippen molar-refractivity contribution in [2.24, 2.45) is 0 Å². The zero-order valence-electron chi connectivity index (χ0n) is 11.4. The van der Waals surface area contributed by atoms with E-state index in [0.29, 0.717) is 19.0 Å². The highest BCUT2D eigenvalue weighted by Crippen LogP contribution is 2.17. The van der Waals surface area contributed by atoms with Gasteiger partial charge < -0.3 is 14.8 Å². The van der Waals surface area contributed by atoms with Gasteiger partial charge in [-0.25, -0.2) is 0 Å². The summed E-state index contributed by atoms with van der Waals surface area (Å²) in [6.45, 7) is 5.29. The number of pyridine rings is 1. The summed E-state index contributed by atoms with van der Waals surface area (Å²) in [5.74, 6) is 0.573. The Labute approximate surface area is 113 Å². The fourth-order valence-corrected chi connectivity index (χ4v) is 2.04. The fraction of sp³-hybridized carbons (Fsp3) is 0.571. The topological polar surface area (TPSA) is 60.5 Å². The summed E-state index contributed by atoms with van der Waals surface area (Å²) in [4.78, 5) is 16.1. The third kappa shape index (κ3) is 3.92. The van der Waals surface area contributed by atoms with Crippen molar-refractivity contribution in [2.45, 2.75) is 32.7 Å². The smallest absolute Gasteiger partial charge is 0.258 e. The molecular formula is C14H20N2O3. The van der Waals surface area contributed by atoms with Crippen LogP contribution >= 0.6 is 0 Å². The number of hydrogen-bond acceptors (Lipinski definition) is 4. The monoisotopic (exact) mass is 264 g/mol. The summed E-state index contributed by atoms with van der Waals surface area (Å²) in [5.41, 5.74) is 1.84. The van der Waals surface area contributed by atoms with Crippen LogP contribution in [-0.4, -0.2) is 36.8 Å². The lowest BCUT2D eigenvalue weighted by Crippen LogP contribution is -2.38. The molecule has 2 rings (SSSR count). The first kappa shape index (κ1) is 13.8. The molecule has 0 spiro atoms. The summed E-state index contributed by atoms with van der Waals surface area (Å²) in [7, 11) is 0. The maximum atomic E-state index is 11.7. The number of aromatic nitrogens is 1. The van der Waals surface area contributed by atoms with E-state index >= 15 is 0 Å². The van der Waals surface area contributed by atoms with Crippen molar-refractivity contribution in [3.63, 3.8) is 0 Å². The summed E-state index contributed by atoms with van der Waals surface area (Å²) in [6, 6.07) is 3.88. The number of aryl methyl sites for hydroxylation is 2. The van der Waals surface area contributed by atoms with E-state index in [2.05, 4.69) is 10.3 Å². The number of hydrogen-bond donors (Lipinski definition) is 1. The lowest BCUT2D eigenvalue weighted by atomic mass is 10.2. The molecule has 104 valence electrons. The first-order valence-electron chi connectivity index (χ1n) is 6.65. The Morgan fingerprint density at radius 2 is 2.42 bits per heavy atom. The Kier molecular flexibility index (Phi) is 4.74. The lowest BCUT2D eigenvalue weighted by molar-refractivity contribution is -0.123. The van der Waals surface area contributed by atoms with Crippen molar-refractivity contribution in [2.75, 3.05) is 19.8 Å². The Morgan fingerprint density at radius 3 is 3.11 bits per heavy atom. The van der Waals surface area contributed by atoms with Crippen molar-refractivity contribution >= 4 is 5.91 Å². The average molecular weight is 264 g/mol. The van der Waals surface area contributed by atoms with Crippen LogP contribution < -0.4 is 10.1 Å². The molecule has 1 saturated heterocycles. The number of ether oxygens (including phenoxy) is 2. The SMILES string of the molecule is CCc1nc(C)ccc1OCC(=O)N[C@@H]1CCOC1. The predicted molar refractivity (Wildman–Crippen MR) is 71.2 cm³/mol. The van der Waals surface area contributed by atoms with Gasteiger partial charge in [0, 0.05) is 12.3 Å². The van der Waals surface area contributed by atoms with E-state index in [4.69, 9.17) is 9.47 Å². The summed E-state index contributed by atoms with van der Waals surface area (Å²) >= 11 is 0. The van der Waals surface area contributed by atoms with Crippen molar-refractivity contribution in [3.05, 3.63) is 23.5 Å². The molecule has 0 bridgehead atoms. The Bertz CT molecular complexity index is 442. The van der Waals surface area contributed by atoms with E-state index in [1.807, 2.05) is 26.0 Å². The number of carbonyl (C=O) groups excluding carboxylic acids is 1. The second-order valence-corrected chi connectivity index (χ2v) is 4.67. The number of rotatable bonds is 5. The maximum absolute atomic E-state index is 11.7. The average Bonchev–Trinajstić information content (AvgIpc) is 2.90. The summed E-state index contributed by atoms with van der Waals surface area (Å²) in [6.07, 6.45) is 1.66. The van der Waals surface area contributed by atoms with Crippen molar-refractivity contribution in [3.8, 4) is 5.75 Å². The Balaban J connectivity index is 1.85. The Morgan fingerprint density at radius 1 is 1.58 bits per heavy atom. The molecule has 5 heteroatoms. The molecule has 19 heavy (non-hydrogen) atoms. The Hall–Kier alpha value is -1.62. The number of amides is 1. The fourth-order valence-electron chi connectivity index (χ4n) is 2.04. The van der Waals surface area contributed by atoms with Gasteiger partial charge in [-0.1, -0.05) is 6.92 Å². The van der Waals surface area contributed by atoms with Gasteiger partial charge in [0.05, 0.1) is 18.3 Å². The molecule has 1 amide bonds. The minimum atomic E-state index is -0.113. The van der Waals surface area contributed by atoms with Crippen LogP contribution in [0.5, 0.6) is 5.75 Å². The van der Waals surface area contributed by atoms with Crippen LogP contribution in [0, 0.1) is 6.92 Å². The van der Waals surface area contributed by atoms with Crippen LogP contribution in [0.3, 0.4) is 0 Å². The normalized spacial score (nSPS) is 18.3. The van der Waals surface area contributed by atoms with Gasteiger partial charge in [-0.2, -0.15) is 0 Å². The van der Waals surface area contributed by atoms with Gasteiger partial charge in [0.25, 0.3) is 5.91 Å². The van der Waals surface area contributed by atoms with E-state index < -0.39 is 0 Å². The minimum Gasteiger partial charge on any atom is -0.482 e. The molecule has 0 aliphatic carbocycles. The van der Waals surface area contributed by atoms with Gasteiger partial charge >= 0.3 is 0 Å².